The Hall–Kier alpha value is -2.73. The first-order chi connectivity index (χ1) is 13.2. The number of para-hydroxylation sites is 1. The van der Waals surface area contributed by atoms with Gasteiger partial charge in [0.15, 0.2) is 0 Å². The van der Waals surface area contributed by atoms with E-state index in [4.69, 9.17) is 4.74 Å². The number of carbonyl (C=O) groups excluding carboxylic acids is 2. The van der Waals surface area contributed by atoms with Gasteiger partial charge in [0.05, 0.1) is 12.5 Å². The molecule has 0 radical (unpaired) electrons. The summed E-state index contributed by atoms with van der Waals surface area (Å²) in [7, 11) is 0. The van der Waals surface area contributed by atoms with Crippen molar-refractivity contribution < 1.29 is 14.3 Å². The minimum absolute atomic E-state index is 0.0186. The number of anilines is 1. The number of rotatable bonds is 3. The van der Waals surface area contributed by atoms with E-state index >= 15 is 0 Å². The quantitative estimate of drug-likeness (QED) is 0.834. The minimum Gasteiger partial charge on any atom is -0.368 e. The van der Waals surface area contributed by atoms with Crippen LogP contribution in [0, 0.1) is 5.92 Å². The van der Waals surface area contributed by atoms with Crippen molar-refractivity contribution in [3.05, 3.63) is 60.4 Å². The van der Waals surface area contributed by atoms with Gasteiger partial charge in [-0.25, -0.2) is 0 Å². The number of pyridine rings is 1. The van der Waals surface area contributed by atoms with E-state index in [1.54, 1.807) is 17.3 Å². The third-order valence-corrected chi connectivity index (χ3v) is 5.30. The summed E-state index contributed by atoms with van der Waals surface area (Å²) in [6.45, 7) is 1.95. The molecule has 2 aliphatic heterocycles. The molecule has 0 saturated carbocycles. The molecule has 0 aliphatic carbocycles. The largest absolute Gasteiger partial charge is 0.368 e. The standard InChI is InChI=1S/C21H23N3O3/c25-20(11-16-5-4-9-22-12-16)23-10-8-19-17(13-23)14-24(21(26)15-27-19)18-6-2-1-3-7-18/h1-7,9,12,17,19H,8,10-11,13-15H2/t17-,19+/m1/s1. The SMILES string of the molecule is O=C(Cc1cccnc1)N1CC[C@@H]2OCC(=O)N(c3ccccc3)C[C@H]2C1. The fraction of sp³-hybridized carbons (Fsp3) is 0.381. The molecule has 27 heavy (non-hydrogen) atoms. The van der Waals surface area contributed by atoms with Crippen molar-refractivity contribution >= 4 is 17.5 Å². The van der Waals surface area contributed by atoms with Gasteiger partial charge in [0.25, 0.3) is 5.91 Å². The van der Waals surface area contributed by atoms with Crippen LogP contribution < -0.4 is 4.90 Å². The highest BCUT2D eigenvalue weighted by atomic mass is 16.5. The Labute approximate surface area is 158 Å². The first kappa shape index (κ1) is 17.7. The van der Waals surface area contributed by atoms with Crippen LogP contribution in [0.2, 0.25) is 0 Å². The molecule has 0 spiro atoms. The molecule has 2 amide bonds. The van der Waals surface area contributed by atoms with Crippen LogP contribution in [0.5, 0.6) is 0 Å². The number of hydrogen-bond acceptors (Lipinski definition) is 4. The summed E-state index contributed by atoms with van der Waals surface area (Å²) in [6, 6.07) is 13.4. The van der Waals surface area contributed by atoms with Crippen LogP contribution in [0.15, 0.2) is 54.9 Å². The Morgan fingerprint density at radius 3 is 2.78 bits per heavy atom. The lowest BCUT2D eigenvalue weighted by atomic mass is 9.93. The Kier molecular flexibility index (Phi) is 5.16. The molecule has 4 rings (SSSR count). The lowest BCUT2D eigenvalue weighted by Crippen LogP contribution is -2.49. The van der Waals surface area contributed by atoms with Gasteiger partial charge in [-0.05, 0) is 30.2 Å². The summed E-state index contributed by atoms with van der Waals surface area (Å²) in [6.07, 6.45) is 4.57. The number of nitrogens with zero attached hydrogens (tertiary/aromatic N) is 3. The van der Waals surface area contributed by atoms with E-state index < -0.39 is 0 Å². The van der Waals surface area contributed by atoms with Crippen LogP contribution in [0.25, 0.3) is 0 Å². The Morgan fingerprint density at radius 2 is 2.00 bits per heavy atom. The van der Waals surface area contributed by atoms with E-state index in [1.807, 2.05) is 47.4 Å². The Balaban J connectivity index is 1.46. The number of carbonyl (C=O) groups is 2. The molecular formula is C21H23N3O3. The molecular weight excluding hydrogens is 342 g/mol. The van der Waals surface area contributed by atoms with Crippen LogP contribution in [0.1, 0.15) is 12.0 Å². The number of amides is 2. The van der Waals surface area contributed by atoms with E-state index in [9.17, 15) is 9.59 Å². The zero-order valence-corrected chi connectivity index (χ0v) is 15.2. The number of hydrogen-bond donors (Lipinski definition) is 0. The van der Waals surface area contributed by atoms with Gasteiger partial charge in [0.2, 0.25) is 5.91 Å². The summed E-state index contributed by atoms with van der Waals surface area (Å²) < 4.78 is 5.88. The highest BCUT2D eigenvalue weighted by molar-refractivity contribution is 5.94. The second kappa shape index (κ2) is 7.88. The van der Waals surface area contributed by atoms with Gasteiger partial charge in [0, 0.05) is 43.6 Å². The van der Waals surface area contributed by atoms with Crippen molar-refractivity contribution in [3.8, 4) is 0 Å². The minimum atomic E-state index is -0.0242. The lowest BCUT2D eigenvalue weighted by Gasteiger charge is -2.38. The zero-order chi connectivity index (χ0) is 18.6. The molecule has 2 atom stereocenters. The fourth-order valence-electron chi connectivity index (χ4n) is 3.87. The highest BCUT2D eigenvalue weighted by Crippen LogP contribution is 2.27. The average molecular weight is 365 g/mol. The summed E-state index contributed by atoms with van der Waals surface area (Å²) >= 11 is 0. The Bertz CT molecular complexity index is 797. The fourth-order valence-corrected chi connectivity index (χ4v) is 3.87. The summed E-state index contributed by atoms with van der Waals surface area (Å²) in [5.41, 5.74) is 1.80. The number of likely N-dealkylation sites (tertiary alicyclic amines) is 1. The maximum atomic E-state index is 12.7. The predicted molar refractivity (Wildman–Crippen MR) is 101 cm³/mol. The number of piperidine rings is 1. The third kappa shape index (κ3) is 4.01. The monoisotopic (exact) mass is 365 g/mol. The van der Waals surface area contributed by atoms with E-state index in [1.165, 1.54) is 0 Å². The molecule has 6 heteroatoms. The predicted octanol–water partition coefficient (Wildman–Crippen LogP) is 1.90. The van der Waals surface area contributed by atoms with E-state index in [0.29, 0.717) is 26.1 Å². The Morgan fingerprint density at radius 1 is 1.15 bits per heavy atom. The molecule has 1 aromatic carbocycles. The van der Waals surface area contributed by atoms with Crippen molar-refractivity contribution in [1.29, 1.82) is 0 Å². The van der Waals surface area contributed by atoms with E-state index in [-0.39, 0.29) is 30.4 Å². The smallest absolute Gasteiger partial charge is 0.252 e. The van der Waals surface area contributed by atoms with Crippen LogP contribution in [0.3, 0.4) is 0 Å². The van der Waals surface area contributed by atoms with Crippen molar-refractivity contribution in [1.82, 2.24) is 9.88 Å². The van der Waals surface area contributed by atoms with Gasteiger partial charge < -0.3 is 14.5 Å². The molecule has 2 fully saturated rings. The normalized spacial score (nSPS) is 22.9. The van der Waals surface area contributed by atoms with Gasteiger partial charge in [-0.2, -0.15) is 0 Å². The maximum absolute atomic E-state index is 12.7. The number of benzene rings is 1. The lowest BCUT2D eigenvalue weighted by molar-refractivity contribution is -0.136. The zero-order valence-electron chi connectivity index (χ0n) is 15.2. The summed E-state index contributed by atoms with van der Waals surface area (Å²) in [5.74, 6) is 0.190. The van der Waals surface area contributed by atoms with Crippen LogP contribution in [-0.4, -0.2) is 54.0 Å². The first-order valence-electron chi connectivity index (χ1n) is 9.34. The summed E-state index contributed by atoms with van der Waals surface area (Å²) in [4.78, 5) is 33.0. The van der Waals surface area contributed by atoms with Crippen molar-refractivity contribution in [3.63, 3.8) is 0 Å². The van der Waals surface area contributed by atoms with Crippen molar-refractivity contribution in [2.24, 2.45) is 5.92 Å². The van der Waals surface area contributed by atoms with Gasteiger partial charge in [-0.1, -0.05) is 24.3 Å². The molecule has 0 N–H and O–H groups in total. The third-order valence-electron chi connectivity index (χ3n) is 5.30. The van der Waals surface area contributed by atoms with Crippen LogP contribution in [0.4, 0.5) is 5.69 Å². The maximum Gasteiger partial charge on any atom is 0.252 e. The number of ether oxygens (including phenoxy) is 1. The highest BCUT2D eigenvalue weighted by Gasteiger charge is 2.37. The van der Waals surface area contributed by atoms with Gasteiger partial charge >= 0.3 is 0 Å². The average Bonchev–Trinajstić information content (AvgIpc) is 2.88. The van der Waals surface area contributed by atoms with Gasteiger partial charge in [-0.3, -0.25) is 14.6 Å². The van der Waals surface area contributed by atoms with E-state index in [2.05, 4.69) is 4.98 Å². The second-order valence-electron chi connectivity index (χ2n) is 7.12. The second-order valence-corrected chi connectivity index (χ2v) is 7.12. The number of fused-ring (bicyclic) bond motifs is 1. The molecule has 140 valence electrons. The molecule has 6 nitrogen and oxygen atoms in total. The van der Waals surface area contributed by atoms with Gasteiger partial charge in [0.1, 0.15) is 6.61 Å². The molecule has 0 unspecified atom stereocenters. The van der Waals surface area contributed by atoms with Crippen molar-refractivity contribution in [2.45, 2.75) is 18.9 Å². The first-order valence-corrected chi connectivity index (χ1v) is 9.34. The summed E-state index contributed by atoms with van der Waals surface area (Å²) in [5, 5.41) is 0. The van der Waals surface area contributed by atoms with Crippen LogP contribution in [-0.2, 0) is 20.7 Å². The molecule has 1 aromatic heterocycles. The molecule has 2 aliphatic rings. The molecule has 2 saturated heterocycles. The van der Waals surface area contributed by atoms with Gasteiger partial charge in [-0.15, -0.1) is 0 Å². The molecule has 2 aromatic rings. The van der Waals surface area contributed by atoms with Crippen molar-refractivity contribution in [2.75, 3.05) is 31.1 Å². The molecule has 3 heterocycles. The molecule has 0 bridgehead atoms. The topological polar surface area (TPSA) is 62.7 Å². The van der Waals surface area contributed by atoms with Crippen LogP contribution >= 0.6 is 0 Å². The number of aromatic nitrogens is 1. The van der Waals surface area contributed by atoms with E-state index in [0.717, 1.165) is 17.7 Å².